The quantitative estimate of drug-likeness (QED) is 0.679. The van der Waals surface area contributed by atoms with E-state index in [1.807, 2.05) is 27.4 Å². The molecule has 0 bridgehead atoms. The number of carbonyl (C=O) groups is 1. The molecule has 2 aromatic heterocycles. The zero-order valence-electron chi connectivity index (χ0n) is 18.0. The summed E-state index contributed by atoms with van der Waals surface area (Å²) in [5, 5.41) is 14.4. The molecule has 0 amide bonds. The fourth-order valence-corrected chi connectivity index (χ4v) is 4.24. The SMILES string of the molecule is CC(C)c1ccccc1-c1cc2n(n1)C[C@@H](C(C)(C)C)n1cc(C(=O)O)c(=O)cc1-2. The second-order valence-corrected chi connectivity index (χ2v) is 9.37. The van der Waals surface area contributed by atoms with Gasteiger partial charge in [0.25, 0.3) is 0 Å². The predicted molar refractivity (Wildman–Crippen MR) is 117 cm³/mol. The van der Waals surface area contributed by atoms with Gasteiger partial charge in [-0.05, 0) is 23.0 Å². The minimum absolute atomic E-state index is 0.0354. The van der Waals surface area contributed by atoms with Crippen LogP contribution in [0.3, 0.4) is 0 Å². The molecular formula is C24H27N3O3. The van der Waals surface area contributed by atoms with Crippen LogP contribution < -0.4 is 5.43 Å². The van der Waals surface area contributed by atoms with Gasteiger partial charge < -0.3 is 9.67 Å². The van der Waals surface area contributed by atoms with Gasteiger partial charge in [0.05, 0.1) is 29.7 Å². The molecule has 0 saturated heterocycles. The molecule has 3 heterocycles. The molecule has 0 fully saturated rings. The number of aromatic nitrogens is 3. The van der Waals surface area contributed by atoms with E-state index in [0.717, 1.165) is 17.0 Å². The summed E-state index contributed by atoms with van der Waals surface area (Å²) in [7, 11) is 0. The van der Waals surface area contributed by atoms with Crippen molar-refractivity contribution in [3.8, 4) is 22.6 Å². The molecule has 0 saturated carbocycles. The van der Waals surface area contributed by atoms with Gasteiger partial charge in [-0.15, -0.1) is 0 Å². The molecule has 4 rings (SSSR count). The molecule has 0 unspecified atom stereocenters. The zero-order chi connectivity index (χ0) is 21.8. The van der Waals surface area contributed by atoms with Gasteiger partial charge in [-0.3, -0.25) is 9.48 Å². The van der Waals surface area contributed by atoms with Crippen LogP contribution in [0.4, 0.5) is 0 Å². The summed E-state index contributed by atoms with van der Waals surface area (Å²) in [6.07, 6.45) is 1.49. The largest absolute Gasteiger partial charge is 0.477 e. The lowest BCUT2D eigenvalue weighted by Gasteiger charge is -2.38. The Hall–Kier alpha value is -3.15. The molecule has 30 heavy (non-hydrogen) atoms. The molecule has 1 aliphatic heterocycles. The van der Waals surface area contributed by atoms with Crippen LogP contribution in [0.25, 0.3) is 22.6 Å². The number of nitrogens with zero attached hydrogens (tertiary/aromatic N) is 3. The summed E-state index contributed by atoms with van der Waals surface area (Å²) in [5.74, 6) is -0.844. The molecule has 1 aromatic carbocycles. The van der Waals surface area contributed by atoms with E-state index in [9.17, 15) is 14.7 Å². The Morgan fingerprint density at radius 2 is 1.87 bits per heavy atom. The summed E-state index contributed by atoms with van der Waals surface area (Å²) >= 11 is 0. The Labute approximate surface area is 175 Å². The van der Waals surface area contributed by atoms with Crippen LogP contribution >= 0.6 is 0 Å². The van der Waals surface area contributed by atoms with E-state index in [0.29, 0.717) is 18.2 Å². The number of pyridine rings is 1. The maximum atomic E-state index is 12.5. The van der Waals surface area contributed by atoms with E-state index in [-0.39, 0.29) is 17.0 Å². The third-order valence-electron chi connectivity index (χ3n) is 5.89. The summed E-state index contributed by atoms with van der Waals surface area (Å²) in [5.41, 5.74) is 3.86. The number of fused-ring (bicyclic) bond motifs is 3. The van der Waals surface area contributed by atoms with Crippen molar-refractivity contribution in [2.45, 2.75) is 53.1 Å². The standard InChI is InChI=1S/C24H27N3O3/c1-14(2)15-8-6-7-9-16(15)18-10-20-19-11-21(28)17(23(29)30)12-26(19)22(24(3,4)5)13-27(20)25-18/h6-12,14,22H,13H2,1-5H3,(H,29,30)/t22-/m0/s1. The molecule has 1 aliphatic rings. The first-order chi connectivity index (χ1) is 14.1. The average molecular weight is 405 g/mol. The predicted octanol–water partition coefficient (Wildman–Crippen LogP) is 4.80. The highest BCUT2D eigenvalue weighted by Crippen LogP contribution is 2.41. The highest BCUT2D eigenvalue weighted by Gasteiger charge is 2.34. The number of aromatic carboxylic acids is 1. The monoisotopic (exact) mass is 405 g/mol. The van der Waals surface area contributed by atoms with Crippen molar-refractivity contribution in [2.24, 2.45) is 5.41 Å². The number of carboxylic acid groups (broad SMARTS) is 1. The highest BCUT2D eigenvalue weighted by molar-refractivity contribution is 5.87. The second kappa shape index (κ2) is 6.97. The van der Waals surface area contributed by atoms with Gasteiger partial charge in [-0.1, -0.05) is 58.9 Å². The number of benzene rings is 1. The smallest absolute Gasteiger partial charge is 0.341 e. The minimum atomic E-state index is -1.20. The van der Waals surface area contributed by atoms with E-state index in [2.05, 4.69) is 46.8 Å². The minimum Gasteiger partial charge on any atom is -0.477 e. The Balaban J connectivity index is 1.95. The third kappa shape index (κ3) is 3.26. The third-order valence-corrected chi connectivity index (χ3v) is 5.89. The van der Waals surface area contributed by atoms with Gasteiger partial charge in [0.1, 0.15) is 5.56 Å². The first-order valence-corrected chi connectivity index (χ1v) is 10.2. The van der Waals surface area contributed by atoms with Gasteiger partial charge in [0.2, 0.25) is 0 Å². The molecule has 0 radical (unpaired) electrons. The molecule has 1 atom stereocenters. The van der Waals surface area contributed by atoms with E-state index >= 15 is 0 Å². The van der Waals surface area contributed by atoms with Crippen LogP contribution in [0, 0.1) is 5.41 Å². The van der Waals surface area contributed by atoms with Gasteiger partial charge >= 0.3 is 5.97 Å². The van der Waals surface area contributed by atoms with Gasteiger partial charge in [-0.25, -0.2) is 4.79 Å². The Bertz CT molecular complexity index is 1200. The van der Waals surface area contributed by atoms with Gasteiger partial charge in [0.15, 0.2) is 5.43 Å². The number of carboxylic acids is 1. The van der Waals surface area contributed by atoms with Crippen LogP contribution in [-0.4, -0.2) is 25.4 Å². The van der Waals surface area contributed by atoms with Crippen LogP contribution in [0.15, 0.2) is 47.4 Å². The molecule has 156 valence electrons. The normalized spacial score (nSPS) is 15.7. The van der Waals surface area contributed by atoms with E-state index in [4.69, 9.17) is 5.10 Å². The van der Waals surface area contributed by atoms with Crippen LogP contribution in [0.5, 0.6) is 0 Å². The number of rotatable bonds is 3. The van der Waals surface area contributed by atoms with E-state index in [1.165, 1.54) is 17.8 Å². The fraction of sp³-hybridized carbons (Fsp3) is 0.375. The lowest BCUT2D eigenvalue weighted by molar-refractivity contribution is 0.0693. The zero-order valence-corrected chi connectivity index (χ0v) is 18.0. The summed E-state index contributed by atoms with van der Waals surface area (Å²) in [4.78, 5) is 24.1. The van der Waals surface area contributed by atoms with Crippen molar-refractivity contribution < 1.29 is 9.90 Å². The van der Waals surface area contributed by atoms with E-state index in [1.54, 1.807) is 0 Å². The molecule has 6 heteroatoms. The van der Waals surface area contributed by atoms with Crippen molar-refractivity contribution in [2.75, 3.05) is 0 Å². The lowest BCUT2D eigenvalue weighted by atomic mass is 9.85. The molecule has 3 aromatic rings. The second-order valence-electron chi connectivity index (χ2n) is 9.37. The molecule has 1 N–H and O–H groups in total. The highest BCUT2D eigenvalue weighted by atomic mass is 16.4. The van der Waals surface area contributed by atoms with Crippen molar-refractivity contribution in [3.63, 3.8) is 0 Å². The van der Waals surface area contributed by atoms with Crippen molar-refractivity contribution in [1.29, 1.82) is 0 Å². The summed E-state index contributed by atoms with van der Waals surface area (Å²) in [6, 6.07) is 11.6. The van der Waals surface area contributed by atoms with Crippen LogP contribution in [-0.2, 0) is 6.54 Å². The maximum absolute atomic E-state index is 12.5. The molecule has 6 nitrogen and oxygen atoms in total. The van der Waals surface area contributed by atoms with Crippen molar-refractivity contribution in [3.05, 3.63) is 63.9 Å². The maximum Gasteiger partial charge on any atom is 0.341 e. The molecular weight excluding hydrogens is 378 g/mol. The summed E-state index contributed by atoms with van der Waals surface area (Å²) in [6.45, 7) is 11.3. The Morgan fingerprint density at radius 3 is 2.50 bits per heavy atom. The molecule has 0 aliphatic carbocycles. The van der Waals surface area contributed by atoms with Gasteiger partial charge in [-0.2, -0.15) is 5.10 Å². The van der Waals surface area contributed by atoms with Gasteiger partial charge in [0, 0.05) is 17.8 Å². The number of hydrogen-bond acceptors (Lipinski definition) is 3. The topological polar surface area (TPSA) is 77.1 Å². The van der Waals surface area contributed by atoms with Crippen LogP contribution in [0.2, 0.25) is 0 Å². The first kappa shape index (κ1) is 20.1. The Kier molecular flexibility index (Phi) is 4.68. The molecule has 0 spiro atoms. The fourth-order valence-electron chi connectivity index (χ4n) is 4.24. The first-order valence-electron chi connectivity index (χ1n) is 10.2. The number of hydrogen-bond donors (Lipinski definition) is 1. The summed E-state index contributed by atoms with van der Waals surface area (Å²) < 4.78 is 3.90. The average Bonchev–Trinajstić information content (AvgIpc) is 3.10. The van der Waals surface area contributed by atoms with E-state index < -0.39 is 11.4 Å². The Morgan fingerprint density at radius 1 is 1.17 bits per heavy atom. The lowest BCUT2D eigenvalue weighted by Crippen LogP contribution is -2.35. The van der Waals surface area contributed by atoms with Crippen molar-refractivity contribution in [1.82, 2.24) is 14.3 Å². The van der Waals surface area contributed by atoms with Crippen molar-refractivity contribution >= 4 is 5.97 Å². The van der Waals surface area contributed by atoms with Crippen LogP contribution in [0.1, 0.15) is 62.5 Å².